The van der Waals surface area contributed by atoms with Crippen LogP contribution < -0.4 is 10.5 Å². The molecule has 2 rings (SSSR count). The SMILES string of the molecule is CN1CCN(C(=O)COc2cc(F)ccc2N)CC1. The number of nitrogens with zero attached hydrogens (tertiary/aromatic N) is 2. The van der Waals surface area contributed by atoms with E-state index < -0.39 is 5.82 Å². The van der Waals surface area contributed by atoms with Crippen molar-refractivity contribution in [2.45, 2.75) is 0 Å². The number of piperazine rings is 1. The van der Waals surface area contributed by atoms with Crippen LogP contribution in [0.15, 0.2) is 18.2 Å². The molecule has 1 saturated heterocycles. The average molecular weight is 267 g/mol. The molecule has 0 atom stereocenters. The van der Waals surface area contributed by atoms with Gasteiger partial charge in [0.15, 0.2) is 6.61 Å². The topological polar surface area (TPSA) is 58.8 Å². The van der Waals surface area contributed by atoms with E-state index in [0.29, 0.717) is 18.8 Å². The molecule has 0 radical (unpaired) electrons. The number of amides is 1. The van der Waals surface area contributed by atoms with E-state index in [1.807, 2.05) is 7.05 Å². The number of ether oxygens (including phenoxy) is 1. The number of benzene rings is 1. The molecule has 1 heterocycles. The van der Waals surface area contributed by atoms with Crippen LogP contribution in [0.2, 0.25) is 0 Å². The minimum atomic E-state index is -0.434. The lowest BCUT2D eigenvalue weighted by molar-refractivity contribution is -0.134. The van der Waals surface area contributed by atoms with E-state index in [0.717, 1.165) is 13.1 Å². The van der Waals surface area contributed by atoms with Crippen LogP contribution in [0.3, 0.4) is 0 Å². The molecule has 0 aromatic heterocycles. The monoisotopic (exact) mass is 267 g/mol. The Morgan fingerprint density at radius 2 is 2.05 bits per heavy atom. The van der Waals surface area contributed by atoms with Gasteiger partial charge in [0.05, 0.1) is 5.69 Å². The summed E-state index contributed by atoms with van der Waals surface area (Å²) in [5.74, 6) is -0.324. The summed E-state index contributed by atoms with van der Waals surface area (Å²) in [5, 5.41) is 0. The summed E-state index contributed by atoms with van der Waals surface area (Å²) in [6, 6.07) is 3.86. The van der Waals surface area contributed by atoms with Crippen LogP contribution in [-0.2, 0) is 4.79 Å². The molecule has 1 amide bonds. The van der Waals surface area contributed by atoms with Crippen molar-refractivity contribution in [2.24, 2.45) is 0 Å². The predicted octanol–water partition coefficient (Wildman–Crippen LogP) is 0.561. The van der Waals surface area contributed by atoms with E-state index in [-0.39, 0.29) is 18.3 Å². The molecule has 1 fully saturated rings. The zero-order chi connectivity index (χ0) is 13.8. The van der Waals surface area contributed by atoms with Gasteiger partial charge in [-0.3, -0.25) is 4.79 Å². The fourth-order valence-corrected chi connectivity index (χ4v) is 1.92. The first-order valence-electron chi connectivity index (χ1n) is 6.20. The van der Waals surface area contributed by atoms with Crippen molar-refractivity contribution in [3.8, 4) is 5.75 Å². The zero-order valence-corrected chi connectivity index (χ0v) is 10.9. The Balaban J connectivity index is 1.88. The fraction of sp³-hybridized carbons (Fsp3) is 0.462. The number of halogens is 1. The van der Waals surface area contributed by atoms with Crippen LogP contribution in [-0.4, -0.2) is 55.5 Å². The van der Waals surface area contributed by atoms with E-state index in [1.165, 1.54) is 18.2 Å². The minimum absolute atomic E-state index is 0.100. The first-order chi connectivity index (χ1) is 9.06. The summed E-state index contributed by atoms with van der Waals surface area (Å²) in [6.07, 6.45) is 0. The highest BCUT2D eigenvalue weighted by Gasteiger charge is 2.19. The summed E-state index contributed by atoms with van der Waals surface area (Å²) in [4.78, 5) is 15.8. The maximum absolute atomic E-state index is 13.0. The van der Waals surface area contributed by atoms with Gasteiger partial charge in [0, 0.05) is 32.2 Å². The number of rotatable bonds is 3. The molecule has 0 saturated carbocycles. The van der Waals surface area contributed by atoms with Crippen molar-refractivity contribution in [3.63, 3.8) is 0 Å². The molecule has 1 aliphatic heterocycles. The number of nitrogen functional groups attached to an aromatic ring is 1. The normalized spacial score (nSPS) is 16.4. The molecule has 104 valence electrons. The van der Waals surface area contributed by atoms with Gasteiger partial charge in [0.2, 0.25) is 0 Å². The van der Waals surface area contributed by atoms with E-state index >= 15 is 0 Å². The molecular formula is C13H18FN3O2. The molecule has 1 aliphatic rings. The Kier molecular flexibility index (Phi) is 4.21. The molecule has 6 heteroatoms. The predicted molar refractivity (Wildman–Crippen MR) is 70.4 cm³/mol. The third kappa shape index (κ3) is 3.57. The smallest absolute Gasteiger partial charge is 0.260 e. The molecule has 0 bridgehead atoms. The summed E-state index contributed by atoms with van der Waals surface area (Å²) in [7, 11) is 2.02. The van der Waals surface area contributed by atoms with Gasteiger partial charge in [0.25, 0.3) is 5.91 Å². The van der Waals surface area contributed by atoms with Gasteiger partial charge in [0.1, 0.15) is 11.6 Å². The van der Waals surface area contributed by atoms with Crippen LogP contribution in [0, 0.1) is 5.82 Å². The molecule has 0 spiro atoms. The van der Waals surface area contributed by atoms with Gasteiger partial charge < -0.3 is 20.3 Å². The Hall–Kier alpha value is -1.82. The maximum atomic E-state index is 13.0. The molecule has 1 aromatic carbocycles. The Labute approximate surface area is 111 Å². The van der Waals surface area contributed by atoms with Crippen LogP contribution in [0.4, 0.5) is 10.1 Å². The highest BCUT2D eigenvalue weighted by molar-refractivity contribution is 5.78. The number of nitrogens with two attached hydrogens (primary N) is 1. The lowest BCUT2D eigenvalue weighted by Gasteiger charge is -2.32. The zero-order valence-electron chi connectivity index (χ0n) is 10.9. The molecule has 19 heavy (non-hydrogen) atoms. The van der Waals surface area contributed by atoms with Gasteiger partial charge in [-0.1, -0.05) is 0 Å². The largest absolute Gasteiger partial charge is 0.482 e. The molecule has 1 aromatic rings. The van der Waals surface area contributed by atoms with Crippen molar-refractivity contribution in [3.05, 3.63) is 24.0 Å². The molecular weight excluding hydrogens is 249 g/mol. The van der Waals surface area contributed by atoms with Gasteiger partial charge in [-0.05, 0) is 19.2 Å². The Morgan fingerprint density at radius 1 is 1.37 bits per heavy atom. The highest BCUT2D eigenvalue weighted by atomic mass is 19.1. The minimum Gasteiger partial charge on any atom is -0.482 e. The highest BCUT2D eigenvalue weighted by Crippen LogP contribution is 2.21. The second-order valence-electron chi connectivity index (χ2n) is 4.65. The summed E-state index contributed by atoms with van der Waals surface area (Å²) in [6.45, 7) is 2.98. The number of anilines is 1. The Bertz CT molecular complexity index is 459. The third-order valence-electron chi connectivity index (χ3n) is 3.18. The van der Waals surface area contributed by atoms with Gasteiger partial charge in [-0.15, -0.1) is 0 Å². The standard InChI is InChI=1S/C13H18FN3O2/c1-16-4-6-17(7-5-16)13(18)9-19-12-8-10(14)2-3-11(12)15/h2-3,8H,4-7,9,15H2,1H3. The summed E-state index contributed by atoms with van der Waals surface area (Å²) >= 11 is 0. The lowest BCUT2D eigenvalue weighted by atomic mass is 10.3. The van der Waals surface area contributed by atoms with Crippen LogP contribution >= 0.6 is 0 Å². The Morgan fingerprint density at radius 3 is 2.74 bits per heavy atom. The molecule has 2 N–H and O–H groups in total. The van der Waals surface area contributed by atoms with Crippen molar-refractivity contribution in [1.82, 2.24) is 9.80 Å². The fourth-order valence-electron chi connectivity index (χ4n) is 1.92. The average Bonchev–Trinajstić information content (AvgIpc) is 2.40. The van der Waals surface area contributed by atoms with E-state index in [2.05, 4.69) is 4.90 Å². The van der Waals surface area contributed by atoms with Crippen molar-refractivity contribution in [1.29, 1.82) is 0 Å². The number of hydrogen-bond acceptors (Lipinski definition) is 4. The third-order valence-corrected chi connectivity index (χ3v) is 3.18. The van der Waals surface area contributed by atoms with E-state index in [9.17, 15) is 9.18 Å². The molecule has 0 aliphatic carbocycles. The van der Waals surface area contributed by atoms with Crippen molar-refractivity contribution in [2.75, 3.05) is 45.6 Å². The maximum Gasteiger partial charge on any atom is 0.260 e. The summed E-state index contributed by atoms with van der Waals surface area (Å²) < 4.78 is 18.3. The van der Waals surface area contributed by atoms with Gasteiger partial charge in [-0.2, -0.15) is 0 Å². The van der Waals surface area contributed by atoms with Crippen LogP contribution in [0.25, 0.3) is 0 Å². The first kappa shape index (κ1) is 13.6. The second-order valence-corrected chi connectivity index (χ2v) is 4.65. The van der Waals surface area contributed by atoms with E-state index in [4.69, 9.17) is 10.5 Å². The first-order valence-corrected chi connectivity index (χ1v) is 6.20. The molecule has 0 unspecified atom stereocenters. The summed E-state index contributed by atoms with van der Waals surface area (Å²) in [5.41, 5.74) is 5.98. The lowest BCUT2D eigenvalue weighted by Crippen LogP contribution is -2.48. The quantitative estimate of drug-likeness (QED) is 0.813. The number of hydrogen-bond donors (Lipinski definition) is 1. The second kappa shape index (κ2) is 5.88. The number of carbonyl (C=O) groups is 1. The van der Waals surface area contributed by atoms with Crippen LogP contribution in [0.5, 0.6) is 5.75 Å². The van der Waals surface area contributed by atoms with Crippen LogP contribution in [0.1, 0.15) is 0 Å². The van der Waals surface area contributed by atoms with E-state index in [1.54, 1.807) is 4.90 Å². The van der Waals surface area contributed by atoms with Gasteiger partial charge in [-0.25, -0.2) is 4.39 Å². The van der Waals surface area contributed by atoms with Crippen molar-refractivity contribution >= 4 is 11.6 Å². The van der Waals surface area contributed by atoms with Gasteiger partial charge >= 0.3 is 0 Å². The number of likely N-dealkylation sites (N-methyl/N-ethyl adjacent to an activating group) is 1. The molecule has 5 nitrogen and oxygen atoms in total. The van der Waals surface area contributed by atoms with Crippen molar-refractivity contribution < 1.29 is 13.9 Å². The number of carbonyl (C=O) groups excluding carboxylic acids is 1.